The second-order valence-electron chi connectivity index (χ2n) is 6.11. The van der Waals surface area contributed by atoms with Crippen molar-refractivity contribution >= 4 is 22.9 Å². The number of amides is 1. The molecule has 25 heavy (non-hydrogen) atoms. The summed E-state index contributed by atoms with van der Waals surface area (Å²) in [6.45, 7) is 3.45. The van der Waals surface area contributed by atoms with E-state index in [4.69, 9.17) is 4.74 Å². The van der Waals surface area contributed by atoms with Crippen LogP contribution in [-0.4, -0.2) is 27.5 Å². The number of carbonyl (C=O) groups excluding carboxylic acids is 2. The zero-order chi connectivity index (χ0) is 18.7. The van der Waals surface area contributed by atoms with E-state index in [-0.39, 0.29) is 23.2 Å². The first-order valence-electron chi connectivity index (χ1n) is 7.95. The van der Waals surface area contributed by atoms with Crippen LogP contribution in [0.25, 0.3) is 11.0 Å². The van der Waals surface area contributed by atoms with Crippen molar-refractivity contribution in [3.8, 4) is 0 Å². The number of esters is 1. The molecule has 8 heteroatoms. The van der Waals surface area contributed by atoms with Crippen molar-refractivity contribution in [1.29, 1.82) is 0 Å². The van der Waals surface area contributed by atoms with E-state index in [0.29, 0.717) is 5.52 Å². The lowest BCUT2D eigenvalue weighted by Crippen LogP contribution is -2.44. The smallest absolute Gasteiger partial charge is 0.329 e. The summed E-state index contributed by atoms with van der Waals surface area (Å²) in [5.74, 6) is -1.32. The van der Waals surface area contributed by atoms with Gasteiger partial charge in [0.05, 0.1) is 11.0 Å². The van der Waals surface area contributed by atoms with Gasteiger partial charge in [0.25, 0.3) is 0 Å². The SMILES string of the molecule is CC(=O)NC(C(=O)OC(C)c1nc2ccccc2n1C(F)F)C(C)C. The third-order valence-electron chi connectivity index (χ3n) is 3.75. The molecule has 2 atom stereocenters. The topological polar surface area (TPSA) is 73.2 Å². The van der Waals surface area contributed by atoms with Crippen molar-refractivity contribution in [2.75, 3.05) is 0 Å². The van der Waals surface area contributed by atoms with E-state index in [1.54, 1.807) is 32.0 Å². The number of rotatable bonds is 6. The Hall–Kier alpha value is -2.51. The minimum absolute atomic E-state index is 0.0464. The van der Waals surface area contributed by atoms with Crippen molar-refractivity contribution in [3.05, 3.63) is 30.1 Å². The molecule has 2 aromatic rings. The molecule has 0 spiro atoms. The molecular formula is C17H21F2N3O3. The molecule has 1 amide bonds. The average molecular weight is 353 g/mol. The Bertz CT molecular complexity index is 774. The highest BCUT2D eigenvalue weighted by molar-refractivity contribution is 5.83. The Balaban J connectivity index is 2.30. The van der Waals surface area contributed by atoms with E-state index in [1.807, 2.05) is 0 Å². The first-order chi connectivity index (χ1) is 11.7. The van der Waals surface area contributed by atoms with Crippen LogP contribution in [0.4, 0.5) is 8.78 Å². The second kappa shape index (κ2) is 7.58. The normalized spacial score (nSPS) is 13.9. The maximum Gasteiger partial charge on any atom is 0.329 e. The average Bonchev–Trinajstić information content (AvgIpc) is 2.91. The number of hydrogen-bond acceptors (Lipinski definition) is 4. The van der Waals surface area contributed by atoms with Gasteiger partial charge in [0, 0.05) is 6.92 Å². The molecule has 1 aromatic carbocycles. The van der Waals surface area contributed by atoms with E-state index < -0.39 is 24.7 Å². The number of nitrogens with zero attached hydrogens (tertiary/aromatic N) is 2. The Kier molecular flexibility index (Phi) is 5.71. The number of halogens is 2. The molecule has 6 nitrogen and oxygen atoms in total. The van der Waals surface area contributed by atoms with Crippen LogP contribution in [0.2, 0.25) is 0 Å². The first-order valence-corrected chi connectivity index (χ1v) is 7.95. The Morgan fingerprint density at radius 2 is 1.84 bits per heavy atom. The summed E-state index contributed by atoms with van der Waals surface area (Å²) in [7, 11) is 0. The Morgan fingerprint density at radius 3 is 2.40 bits per heavy atom. The van der Waals surface area contributed by atoms with Gasteiger partial charge in [0.2, 0.25) is 5.91 Å². The molecule has 1 heterocycles. The zero-order valence-electron chi connectivity index (χ0n) is 14.5. The van der Waals surface area contributed by atoms with Crippen molar-refractivity contribution in [1.82, 2.24) is 14.9 Å². The predicted molar refractivity (Wildman–Crippen MR) is 87.9 cm³/mol. The van der Waals surface area contributed by atoms with Crippen LogP contribution in [0, 0.1) is 5.92 Å². The molecule has 0 radical (unpaired) electrons. The summed E-state index contributed by atoms with van der Waals surface area (Å²) in [5.41, 5.74) is 0.653. The highest BCUT2D eigenvalue weighted by atomic mass is 19.3. The van der Waals surface area contributed by atoms with Crippen molar-refractivity contribution < 1.29 is 23.1 Å². The standard InChI is InChI=1S/C17H21F2N3O3/c1-9(2)14(20-11(4)23)16(24)25-10(3)15-21-12-7-5-6-8-13(12)22(15)17(18)19/h5-10,14,17H,1-4H3,(H,20,23). The molecule has 2 unspecified atom stereocenters. The Morgan fingerprint density at radius 1 is 1.20 bits per heavy atom. The molecule has 0 fully saturated rings. The van der Waals surface area contributed by atoms with Gasteiger partial charge in [-0.15, -0.1) is 0 Å². The maximum atomic E-state index is 13.5. The maximum absolute atomic E-state index is 13.5. The number of hydrogen-bond donors (Lipinski definition) is 1. The predicted octanol–water partition coefficient (Wildman–Crippen LogP) is 3.20. The number of aromatic nitrogens is 2. The van der Waals surface area contributed by atoms with Gasteiger partial charge in [-0.05, 0) is 25.0 Å². The molecular weight excluding hydrogens is 332 g/mol. The van der Waals surface area contributed by atoms with E-state index in [2.05, 4.69) is 10.3 Å². The van der Waals surface area contributed by atoms with Crippen molar-refractivity contribution in [2.45, 2.75) is 46.4 Å². The lowest BCUT2D eigenvalue weighted by atomic mass is 10.0. The number of ether oxygens (including phenoxy) is 1. The van der Waals surface area contributed by atoms with Crippen LogP contribution in [0.15, 0.2) is 24.3 Å². The number of nitrogens with one attached hydrogen (secondary N) is 1. The van der Waals surface area contributed by atoms with Crippen LogP contribution >= 0.6 is 0 Å². The summed E-state index contributed by atoms with van der Waals surface area (Å²) in [5, 5.41) is 2.51. The van der Waals surface area contributed by atoms with Crippen LogP contribution in [0.1, 0.15) is 46.2 Å². The van der Waals surface area contributed by atoms with E-state index in [1.165, 1.54) is 19.9 Å². The number of alkyl halides is 2. The van der Waals surface area contributed by atoms with Gasteiger partial charge in [0.1, 0.15) is 6.04 Å². The van der Waals surface area contributed by atoms with Gasteiger partial charge in [-0.2, -0.15) is 8.78 Å². The quantitative estimate of drug-likeness (QED) is 0.810. The van der Waals surface area contributed by atoms with Gasteiger partial charge in [-0.25, -0.2) is 9.78 Å². The molecule has 2 rings (SSSR count). The first kappa shape index (κ1) is 18.8. The zero-order valence-corrected chi connectivity index (χ0v) is 14.5. The lowest BCUT2D eigenvalue weighted by molar-refractivity contribution is -0.154. The molecule has 0 aliphatic rings. The summed E-state index contributed by atoms with van der Waals surface area (Å²) in [6, 6.07) is 5.61. The third kappa shape index (κ3) is 4.12. The largest absolute Gasteiger partial charge is 0.453 e. The lowest BCUT2D eigenvalue weighted by Gasteiger charge is -2.22. The fourth-order valence-corrected chi connectivity index (χ4v) is 2.57. The minimum atomic E-state index is -2.82. The molecule has 0 aliphatic heterocycles. The summed E-state index contributed by atoms with van der Waals surface area (Å²) in [4.78, 5) is 27.8. The Labute approximate surface area is 144 Å². The van der Waals surface area contributed by atoms with Gasteiger partial charge in [0.15, 0.2) is 11.9 Å². The molecule has 136 valence electrons. The number of benzene rings is 1. The van der Waals surface area contributed by atoms with Gasteiger partial charge in [-0.3, -0.25) is 9.36 Å². The van der Waals surface area contributed by atoms with Gasteiger partial charge >= 0.3 is 12.5 Å². The monoisotopic (exact) mass is 353 g/mol. The molecule has 0 saturated heterocycles. The molecule has 1 N–H and O–H groups in total. The number of para-hydroxylation sites is 2. The van der Waals surface area contributed by atoms with Crippen LogP contribution < -0.4 is 5.32 Å². The molecule has 0 bridgehead atoms. The van der Waals surface area contributed by atoms with Gasteiger partial charge in [-0.1, -0.05) is 26.0 Å². The number of carbonyl (C=O) groups is 2. The number of imidazole rings is 1. The van der Waals surface area contributed by atoms with Crippen LogP contribution in [0.3, 0.4) is 0 Å². The minimum Gasteiger partial charge on any atom is -0.453 e. The highest BCUT2D eigenvalue weighted by Gasteiger charge is 2.29. The van der Waals surface area contributed by atoms with Crippen LogP contribution in [-0.2, 0) is 14.3 Å². The van der Waals surface area contributed by atoms with E-state index >= 15 is 0 Å². The second-order valence-corrected chi connectivity index (χ2v) is 6.11. The molecule has 0 aliphatic carbocycles. The molecule has 1 aromatic heterocycles. The number of fused-ring (bicyclic) bond motifs is 1. The van der Waals surface area contributed by atoms with Crippen molar-refractivity contribution in [2.24, 2.45) is 5.92 Å². The van der Waals surface area contributed by atoms with E-state index in [9.17, 15) is 18.4 Å². The molecule has 0 saturated carbocycles. The summed E-state index contributed by atoms with van der Waals surface area (Å²) in [6.07, 6.45) is -0.996. The van der Waals surface area contributed by atoms with Crippen molar-refractivity contribution in [3.63, 3.8) is 0 Å². The van der Waals surface area contributed by atoms with E-state index in [0.717, 1.165) is 4.57 Å². The summed E-state index contributed by atoms with van der Waals surface area (Å²) >= 11 is 0. The fourth-order valence-electron chi connectivity index (χ4n) is 2.57. The van der Waals surface area contributed by atoms with Crippen LogP contribution in [0.5, 0.6) is 0 Å². The third-order valence-corrected chi connectivity index (χ3v) is 3.75. The summed E-state index contributed by atoms with van der Waals surface area (Å²) < 4.78 is 33.0. The highest BCUT2D eigenvalue weighted by Crippen LogP contribution is 2.28. The fraction of sp³-hybridized carbons (Fsp3) is 0.471. The van der Waals surface area contributed by atoms with Gasteiger partial charge < -0.3 is 10.1 Å².